The van der Waals surface area contributed by atoms with E-state index >= 15 is 0 Å². The summed E-state index contributed by atoms with van der Waals surface area (Å²) in [5, 5.41) is 12.5. The first kappa shape index (κ1) is 26.3. The average molecular weight is 507 g/mol. The van der Waals surface area contributed by atoms with E-state index in [0.717, 1.165) is 45.2 Å². The van der Waals surface area contributed by atoms with E-state index in [1.54, 1.807) is 42.7 Å². The van der Waals surface area contributed by atoms with Crippen LogP contribution in [-0.4, -0.2) is 25.1 Å². The second-order valence-electron chi connectivity index (χ2n) is 8.76. The first-order valence-corrected chi connectivity index (χ1v) is 12.3. The Morgan fingerprint density at radius 1 is 1.18 bits per heavy atom. The molecule has 3 aromatic heterocycles. The number of aromatic amines is 2. The van der Waals surface area contributed by atoms with Crippen LogP contribution in [0.15, 0.2) is 80.3 Å². The third kappa shape index (κ3) is 5.47. The van der Waals surface area contributed by atoms with Crippen molar-refractivity contribution in [3.63, 3.8) is 0 Å². The molecule has 6 nitrogen and oxygen atoms in total. The smallest absolute Gasteiger partial charge is 0.159 e. The molecule has 1 aromatic carbocycles. The number of hydrogen-bond donors (Lipinski definition) is 3. The second kappa shape index (κ2) is 11.5. The van der Waals surface area contributed by atoms with Crippen molar-refractivity contribution in [2.75, 3.05) is 5.32 Å². The monoisotopic (exact) mass is 506 g/mol. The average Bonchev–Trinajstić information content (AvgIpc) is 3.50. The zero-order valence-corrected chi connectivity index (χ0v) is 21.9. The zero-order valence-electron chi connectivity index (χ0n) is 21.9. The Balaban J connectivity index is 1.79. The summed E-state index contributed by atoms with van der Waals surface area (Å²) in [6.07, 6.45) is 11.6. The molecular weight excluding hydrogens is 475 g/mol. The van der Waals surface area contributed by atoms with E-state index in [9.17, 15) is 4.39 Å². The molecule has 0 spiro atoms. The number of nitrogens with zero attached hydrogens (tertiary/aromatic N) is 3. The van der Waals surface area contributed by atoms with Crippen LogP contribution in [0.4, 0.5) is 10.1 Å². The summed E-state index contributed by atoms with van der Waals surface area (Å²) in [5.74, 6) is 0.227. The number of rotatable bonds is 9. The Morgan fingerprint density at radius 3 is 2.68 bits per heavy atom. The first-order valence-electron chi connectivity index (χ1n) is 12.3. The van der Waals surface area contributed by atoms with Crippen LogP contribution < -0.4 is 15.9 Å². The van der Waals surface area contributed by atoms with E-state index in [0.29, 0.717) is 28.3 Å². The Labute approximate surface area is 221 Å². The maximum absolute atomic E-state index is 14.7. The summed E-state index contributed by atoms with van der Waals surface area (Å²) < 4.78 is 14.7. The SMILES string of the molecule is C=C/C=C(/c1ccccc1F)c1nc(-c2n[nH]c(=C/C)/c2=C\C(=C)c2cncc(NC(=C)CC)c2)[nH]c1C. The van der Waals surface area contributed by atoms with Gasteiger partial charge in [0.05, 0.1) is 22.9 Å². The number of aryl methyl sites for hydroxylation is 1. The number of imidazole rings is 1. The molecule has 0 aliphatic rings. The highest BCUT2D eigenvalue weighted by atomic mass is 19.1. The molecule has 0 radical (unpaired) electrons. The quantitative estimate of drug-likeness (QED) is 0.247. The largest absolute Gasteiger partial charge is 0.358 e. The fourth-order valence-electron chi connectivity index (χ4n) is 4.07. The van der Waals surface area contributed by atoms with Gasteiger partial charge in [0.2, 0.25) is 0 Å². The van der Waals surface area contributed by atoms with Crippen molar-refractivity contribution in [2.24, 2.45) is 0 Å². The fraction of sp³-hybridized carbons (Fsp3) is 0.129. The van der Waals surface area contributed by atoms with E-state index in [1.165, 1.54) is 6.07 Å². The van der Waals surface area contributed by atoms with Gasteiger partial charge in [-0.15, -0.1) is 0 Å². The third-order valence-electron chi connectivity index (χ3n) is 6.11. The van der Waals surface area contributed by atoms with Gasteiger partial charge in [-0.1, -0.05) is 63.1 Å². The molecule has 192 valence electrons. The van der Waals surface area contributed by atoms with Crippen molar-refractivity contribution >= 4 is 29.0 Å². The van der Waals surface area contributed by atoms with Gasteiger partial charge in [-0.05, 0) is 44.1 Å². The molecule has 0 saturated heterocycles. The molecule has 0 fully saturated rings. The molecule has 38 heavy (non-hydrogen) atoms. The van der Waals surface area contributed by atoms with Crippen molar-refractivity contribution in [1.29, 1.82) is 0 Å². The maximum atomic E-state index is 14.7. The summed E-state index contributed by atoms with van der Waals surface area (Å²) in [6, 6.07) is 8.61. The summed E-state index contributed by atoms with van der Waals surface area (Å²) in [7, 11) is 0. The topological polar surface area (TPSA) is 82.3 Å². The minimum atomic E-state index is -0.328. The fourth-order valence-corrected chi connectivity index (χ4v) is 4.07. The molecule has 0 aliphatic carbocycles. The Kier molecular flexibility index (Phi) is 7.97. The van der Waals surface area contributed by atoms with E-state index in [1.807, 2.05) is 39.0 Å². The third-order valence-corrected chi connectivity index (χ3v) is 6.11. The molecule has 3 heterocycles. The van der Waals surface area contributed by atoms with Crippen molar-refractivity contribution in [1.82, 2.24) is 25.1 Å². The van der Waals surface area contributed by atoms with Gasteiger partial charge >= 0.3 is 0 Å². The van der Waals surface area contributed by atoms with E-state index in [2.05, 4.69) is 45.2 Å². The lowest BCUT2D eigenvalue weighted by Crippen LogP contribution is -2.23. The van der Waals surface area contributed by atoms with Gasteiger partial charge < -0.3 is 10.3 Å². The van der Waals surface area contributed by atoms with Crippen LogP contribution in [0.3, 0.4) is 0 Å². The highest BCUT2D eigenvalue weighted by molar-refractivity contribution is 5.88. The Bertz CT molecular complexity index is 1670. The van der Waals surface area contributed by atoms with Gasteiger partial charge in [0, 0.05) is 39.5 Å². The first-order chi connectivity index (χ1) is 18.4. The van der Waals surface area contributed by atoms with Crippen LogP contribution in [0.1, 0.15) is 42.8 Å². The summed E-state index contributed by atoms with van der Waals surface area (Å²) >= 11 is 0. The Morgan fingerprint density at radius 2 is 1.97 bits per heavy atom. The maximum Gasteiger partial charge on any atom is 0.159 e. The van der Waals surface area contributed by atoms with Crippen LogP contribution in [0, 0.1) is 12.7 Å². The predicted octanol–water partition coefficient (Wildman–Crippen LogP) is 5.89. The van der Waals surface area contributed by atoms with Crippen LogP contribution in [-0.2, 0) is 0 Å². The number of anilines is 1. The van der Waals surface area contributed by atoms with Crippen LogP contribution in [0.2, 0.25) is 0 Å². The number of hydrogen-bond acceptors (Lipinski definition) is 4. The van der Waals surface area contributed by atoms with Gasteiger partial charge in [0.1, 0.15) is 11.5 Å². The summed E-state index contributed by atoms with van der Waals surface area (Å²) in [6.45, 7) is 18.0. The molecule has 0 unspecified atom stereocenters. The standard InChI is InChI=1S/C31H31FN6/c1-7-12-25(24-13-10-11-14-27(24)32)29-21(6)35-31(36-29)30-26(28(9-3)37-38-30)15-19(4)22-16-23(18-33-17-22)34-20(5)8-2/h7,9-18,34,37H,1,4-5,8H2,2-3,6H3,(H,35,36)/b25-12-,26-15+,28-9+. The lowest BCUT2D eigenvalue weighted by Gasteiger charge is -2.08. The molecule has 0 bridgehead atoms. The van der Waals surface area contributed by atoms with E-state index in [4.69, 9.17) is 4.98 Å². The predicted molar refractivity (Wildman–Crippen MR) is 155 cm³/mol. The van der Waals surface area contributed by atoms with E-state index < -0.39 is 0 Å². The molecule has 0 saturated carbocycles. The number of aromatic nitrogens is 5. The van der Waals surface area contributed by atoms with Gasteiger partial charge in [-0.25, -0.2) is 9.37 Å². The number of nitrogens with one attached hydrogen (secondary N) is 3. The van der Waals surface area contributed by atoms with Crippen LogP contribution in [0.25, 0.3) is 34.8 Å². The molecule has 3 N–H and O–H groups in total. The van der Waals surface area contributed by atoms with Gasteiger partial charge in [0.15, 0.2) is 5.82 Å². The number of pyridine rings is 1. The molecule has 0 amide bonds. The number of halogens is 1. The normalized spacial score (nSPS) is 12.6. The van der Waals surface area contributed by atoms with Crippen LogP contribution in [0.5, 0.6) is 0 Å². The highest BCUT2D eigenvalue weighted by Gasteiger charge is 2.18. The molecule has 7 heteroatoms. The van der Waals surface area contributed by atoms with Gasteiger partial charge in [0.25, 0.3) is 0 Å². The van der Waals surface area contributed by atoms with E-state index in [-0.39, 0.29) is 5.82 Å². The molecular formula is C31H31FN6. The van der Waals surface area contributed by atoms with Crippen molar-refractivity contribution < 1.29 is 4.39 Å². The summed E-state index contributed by atoms with van der Waals surface area (Å²) in [5.41, 5.74) is 6.49. The van der Waals surface area contributed by atoms with Gasteiger partial charge in [-0.2, -0.15) is 5.10 Å². The molecule has 0 aliphatic heterocycles. The van der Waals surface area contributed by atoms with Crippen LogP contribution >= 0.6 is 0 Å². The van der Waals surface area contributed by atoms with Crippen molar-refractivity contribution in [2.45, 2.75) is 27.2 Å². The number of H-pyrrole nitrogens is 2. The molecule has 4 aromatic rings. The molecule has 0 atom stereocenters. The van der Waals surface area contributed by atoms with Crippen molar-refractivity contribution in [3.8, 4) is 11.5 Å². The minimum absolute atomic E-state index is 0.328. The lowest BCUT2D eigenvalue weighted by molar-refractivity contribution is 0.624. The zero-order chi connectivity index (χ0) is 27.2. The highest BCUT2D eigenvalue weighted by Crippen LogP contribution is 2.28. The summed E-state index contributed by atoms with van der Waals surface area (Å²) in [4.78, 5) is 12.5. The van der Waals surface area contributed by atoms with Crippen molar-refractivity contribution in [3.05, 3.63) is 119 Å². The number of benzene rings is 1. The van der Waals surface area contributed by atoms with Gasteiger partial charge in [-0.3, -0.25) is 10.1 Å². The second-order valence-corrected chi connectivity index (χ2v) is 8.76. The number of allylic oxidation sites excluding steroid dienone is 4. The lowest BCUT2D eigenvalue weighted by atomic mass is 10.0. The Hall–Kier alpha value is -4.78. The molecule has 4 rings (SSSR count). The minimum Gasteiger partial charge on any atom is -0.358 e.